The van der Waals surface area contributed by atoms with Crippen LogP contribution in [0.5, 0.6) is 0 Å². The van der Waals surface area contributed by atoms with Crippen molar-refractivity contribution in [2.75, 3.05) is 37.0 Å². The van der Waals surface area contributed by atoms with Crippen LogP contribution in [0.3, 0.4) is 0 Å². The number of nitrogens with zero attached hydrogens (tertiary/aromatic N) is 3. The van der Waals surface area contributed by atoms with E-state index in [1.165, 1.54) is 0 Å². The minimum atomic E-state index is -0.884. The third-order valence-corrected chi connectivity index (χ3v) is 4.13. The number of anilines is 1. The molecule has 2 N–H and O–H groups in total. The van der Waals surface area contributed by atoms with E-state index in [1.54, 1.807) is 0 Å². The van der Waals surface area contributed by atoms with Crippen LogP contribution in [-0.4, -0.2) is 58.3 Å². The van der Waals surface area contributed by atoms with Crippen LogP contribution in [0.1, 0.15) is 0 Å². The van der Waals surface area contributed by atoms with E-state index < -0.39 is 5.97 Å². The Labute approximate surface area is 131 Å². The fourth-order valence-corrected chi connectivity index (χ4v) is 2.83. The molecule has 1 aromatic heterocycles. The Balaban J connectivity index is 1.83. The second-order valence-electron chi connectivity index (χ2n) is 4.77. The summed E-state index contributed by atoms with van der Waals surface area (Å²) in [6.07, 6.45) is 0. The summed E-state index contributed by atoms with van der Waals surface area (Å²) in [6, 6.07) is 7.97. The fourth-order valence-electron chi connectivity index (χ4n) is 2.31. The van der Waals surface area contributed by atoms with E-state index >= 15 is 0 Å². The van der Waals surface area contributed by atoms with Gasteiger partial charge < -0.3 is 14.7 Å². The molecule has 1 fully saturated rings. The molecule has 0 aliphatic carbocycles. The van der Waals surface area contributed by atoms with Crippen molar-refractivity contribution >= 4 is 23.4 Å². The second-order valence-corrected chi connectivity index (χ2v) is 5.71. The van der Waals surface area contributed by atoms with Crippen LogP contribution in [-0.2, 0) is 9.53 Å². The number of hydrogen-bond acceptors (Lipinski definition) is 6. The first-order chi connectivity index (χ1) is 10.7. The molecule has 0 amide bonds. The maximum atomic E-state index is 10.6. The molecule has 1 aromatic carbocycles. The molecule has 0 atom stereocenters. The van der Waals surface area contributed by atoms with Crippen molar-refractivity contribution < 1.29 is 14.6 Å². The van der Waals surface area contributed by atoms with Gasteiger partial charge in [0.25, 0.3) is 0 Å². The topological polar surface area (TPSA) is 91.3 Å². The van der Waals surface area contributed by atoms with Gasteiger partial charge in [0.2, 0.25) is 5.16 Å². The Morgan fingerprint density at radius 2 is 2.14 bits per heavy atom. The van der Waals surface area contributed by atoms with Gasteiger partial charge in [0, 0.05) is 24.3 Å². The normalized spacial score (nSPS) is 15.0. The summed E-state index contributed by atoms with van der Waals surface area (Å²) in [5.74, 6) is -0.289. The Bertz CT molecular complexity index is 655. The van der Waals surface area contributed by atoms with Crippen molar-refractivity contribution in [3.63, 3.8) is 0 Å². The maximum absolute atomic E-state index is 10.6. The summed E-state index contributed by atoms with van der Waals surface area (Å²) in [7, 11) is 0. The molecule has 1 aliphatic heterocycles. The van der Waals surface area contributed by atoms with E-state index in [2.05, 4.69) is 20.1 Å². The molecule has 0 spiro atoms. The number of aliphatic carboxylic acids is 1. The highest BCUT2D eigenvalue weighted by atomic mass is 32.2. The average Bonchev–Trinajstić information content (AvgIpc) is 3.03. The number of aromatic nitrogens is 3. The number of benzene rings is 1. The molecular formula is C14H16N4O3S. The summed E-state index contributed by atoms with van der Waals surface area (Å²) in [4.78, 5) is 17.2. The Morgan fingerprint density at radius 1 is 1.36 bits per heavy atom. The van der Waals surface area contributed by atoms with Crippen LogP contribution in [0.25, 0.3) is 11.4 Å². The molecule has 1 saturated heterocycles. The highest BCUT2D eigenvalue weighted by Gasteiger charge is 2.17. The van der Waals surface area contributed by atoms with Crippen molar-refractivity contribution in [3.05, 3.63) is 24.3 Å². The number of thioether (sulfide) groups is 1. The van der Waals surface area contributed by atoms with Gasteiger partial charge in [0.05, 0.1) is 19.0 Å². The lowest BCUT2D eigenvalue weighted by Gasteiger charge is -2.30. The largest absolute Gasteiger partial charge is 0.481 e. The van der Waals surface area contributed by atoms with Gasteiger partial charge in [-0.3, -0.25) is 9.89 Å². The minimum Gasteiger partial charge on any atom is -0.481 e. The van der Waals surface area contributed by atoms with Crippen molar-refractivity contribution in [1.29, 1.82) is 0 Å². The number of ether oxygens (including phenoxy) is 1. The molecule has 2 aromatic rings. The van der Waals surface area contributed by atoms with Gasteiger partial charge in [-0.05, 0) is 12.1 Å². The van der Waals surface area contributed by atoms with Crippen LogP contribution in [0.2, 0.25) is 0 Å². The molecule has 0 bridgehead atoms. The van der Waals surface area contributed by atoms with Crippen molar-refractivity contribution in [1.82, 2.24) is 15.2 Å². The van der Waals surface area contributed by atoms with Crippen LogP contribution < -0.4 is 4.90 Å². The molecule has 22 heavy (non-hydrogen) atoms. The van der Waals surface area contributed by atoms with Gasteiger partial charge in [0.1, 0.15) is 0 Å². The molecular weight excluding hydrogens is 304 g/mol. The van der Waals surface area contributed by atoms with E-state index in [1.807, 2.05) is 24.3 Å². The van der Waals surface area contributed by atoms with Gasteiger partial charge in [0.15, 0.2) is 5.82 Å². The van der Waals surface area contributed by atoms with Crippen LogP contribution in [0.15, 0.2) is 29.4 Å². The Morgan fingerprint density at radius 3 is 2.91 bits per heavy atom. The zero-order valence-corrected chi connectivity index (χ0v) is 12.7. The highest BCUT2D eigenvalue weighted by molar-refractivity contribution is 7.99. The van der Waals surface area contributed by atoms with Gasteiger partial charge in [-0.1, -0.05) is 23.9 Å². The van der Waals surface area contributed by atoms with E-state index in [4.69, 9.17) is 9.84 Å². The highest BCUT2D eigenvalue weighted by Crippen LogP contribution is 2.29. The average molecular weight is 320 g/mol. The zero-order valence-electron chi connectivity index (χ0n) is 11.9. The van der Waals surface area contributed by atoms with Gasteiger partial charge in [-0.25, -0.2) is 4.98 Å². The Hall–Kier alpha value is -2.06. The standard InChI is InChI=1S/C14H16N4O3S/c19-12(20)9-22-14-15-13(16-17-14)10-3-1-2-4-11(10)18-5-7-21-8-6-18/h1-4H,5-9H2,(H,19,20)(H,15,16,17). The number of nitrogens with one attached hydrogen (secondary N) is 1. The summed E-state index contributed by atoms with van der Waals surface area (Å²) in [6.45, 7) is 3.10. The quantitative estimate of drug-likeness (QED) is 0.806. The monoisotopic (exact) mass is 320 g/mol. The first kappa shape index (κ1) is 14.9. The zero-order chi connectivity index (χ0) is 15.4. The van der Waals surface area contributed by atoms with E-state index in [-0.39, 0.29) is 5.75 Å². The molecule has 7 nitrogen and oxygen atoms in total. The number of aromatic amines is 1. The number of carboxylic acid groups (broad SMARTS) is 1. The summed E-state index contributed by atoms with van der Waals surface area (Å²) in [5.41, 5.74) is 2.04. The third-order valence-electron chi connectivity index (χ3n) is 3.30. The summed E-state index contributed by atoms with van der Waals surface area (Å²) in [5, 5.41) is 16.1. The molecule has 1 aliphatic rings. The summed E-state index contributed by atoms with van der Waals surface area (Å²) >= 11 is 1.10. The van der Waals surface area contributed by atoms with Crippen LogP contribution in [0.4, 0.5) is 5.69 Å². The predicted octanol–water partition coefficient (Wildman–Crippen LogP) is 1.48. The van der Waals surface area contributed by atoms with Crippen LogP contribution in [0, 0.1) is 0 Å². The number of para-hydroxylation sites is 1. The van der Waals surface area contributed by atoms with Crippen molar-refractivity contribution in [2.24, 2.45) is 0 Å². The molecule has 0 unspecified atom stereocenters. The van der Waals surface area contributed by atoms with Gasteiger partial charge in [-0.15, -0.1) is 5.10 Å². The third kappa shape index (κ3) is 3.40. The number of morpholine rings is 1. The SMILES string of the molecule is O=C(O)CSc1n[nH]c(-c2ccccc2N2CCOCC2)n1. The Kier molecular flexibility index (Phi) is 4.59. The summed E-state index contributed by atoms with van der Waals surface area (Å²) < 4.78 is 5.39. The second kappa shape index (κ2) is 6.80. The van der Waals surface area contributed by atoms with E-state index in [0.717, 1.165) is 36.1 Å². The first-order valence-electron chi connectivity index (χ1n) is 6.93. The number of carbonyl (C=O) groups is 1. The van der Waals surface area contributed by atoms with Crippen LogP contribution >= 0.6 is 11.8 Å². The smallest absolute Gasteiger partial charge is 0.313 e. The molecule has 0 saturated carbocycles. The minimum absolute atomic E-state index is 0.0532. The maximum Gasteiger partial charge on any atom is 0.313 e. The lowest BCUT2D eigenvalue weighted by Crippen LogP contribution is -2.36. The number of H-pyrrole nitrogens is 1. The molecule has 3 rings (SSSR count). The number of carboxylic acids is 1. The van der Waals surface area contributed by atoms with E-state index in [9.17, 15) is 4.79 Å². The number of rotatable bonds is 5. The predicted molar refractivity (Wildman–Crippen MR) is 83.2 cm³/mol. The lowest BCUT2D eigenvalue weighted by atomic mass is 10.1. The van der Waals surface area contributed by atoms with E-state index in [0.29, 0.717) is 24.2 Å². The lowest BCUT2D eigenvalue weighted by molar-refractivity contribution is -0.133. The fraction of sp³-hybridized carbons (Fsp3) is 0.357. The first-order valence-corrected chi connectivity index (χ1v) is 7.91. The van der Waals surface area contributed by atoms with Gasteiger partial charge >= 0.3 is 5.97 Å². The van der Waals surface area contributed by atoms with Gasteiger partial charge in [-0.2, -0.15) is 0 Å². The van der Waals surface area contributed by atoms with Crippen molar-refractivity contribution in [2.45, 2.75) is 5.16 Å². The molecule has 2 heterocycles. The molecule has 0 radical (unpaired) electrons. The molecule has 8 heteroatoms. The number of hydrogen-bond donors (Lipinski definition) is 2. The molecule has 116 valence electrons. The van der Waals surface area contributed by atoms with Crippen molar-refractivity contribution in [3.8, 4) is 11.4 Å².